The van der Waals surface area contributed by atoms with Crippen LogP contribution < -0.4 is 0 Å². The van der Waals surface area contributed by atoms with Crippen LogP contribution in [0.5, 0.6) is 0 Å². The third-order valence-electron chi connectivity index (χ3n) is 5.73. The van der Waals surface area contributed by atoms with Crippen LogP contribution in [-0.4, -0.2) is 24.3 Å². The Morgan fingerprint density at radius 1 is 0.958 bits per heavy atom. The average Bonchev–Trinajstić information content (AvgIpc) is 2.56. The van der Waals surface area contributed by atoms with Crippen LogP contribution in [0.2, 0.25) is 0 Å². The molecule has 0 aromatic rings. The van der Waals surface area contributed by atoms with Crippen molar-refractivity contribution in [2.24, 2.45) is 28.7 Å². The molecule has 1 saturated carbocycles. The topological polar surface area (TPSA) is 26.5 Å². The van der Waals surface area contributed by atoms with Gasteiger partial charge in [0.05, 0.1) is 6.04 Å². The maximum atomic E-state index is 5.29. The molecule has 0 N–H and O–H groups in total. The van der Waals surface area contributed by atoms with E-state index < -0.39 is 0 Å². The molecule has 5 heteroatoms. The number of hydrogen-bond acceptors (Lipinski definition) is 1. The fourth-order valence-electron chi connectivity index (χ4n) is 4.35. The Bertz CT molecular complexity index is 352. The SMILES string of the molecule is CC(=NC1C(C(C)C)CCCC1C(C)C)C1CCCC[N-]1.[Cl][Co+][Cl]. The first-order valence-corrected chi connectivity index (χ1v) is 12.3. The fraction of sp³-hybridized carbons (Fsp3) is 0.947. The molecule has 0 aromatic carbocycles. The van der Waals surface area contributed by atoms with Gasteiger partial charge in [-0.2, -0.15) is 0 Å². The molecule has 0 radical (unpaired) electrons. The summed E-state index contributed by atoms with van der Waals surface area (Å²) in [7, 11) is 9.47. The molecule has 2 rings (SSSR count). The zero-order chi connectivity index (χ0) is 18.1. The summed E-state index contributed by atoms with van der Waals surface area (Å²) in [5.74, 6) is 3.03. The van der Waals surface area contributed by atoms with Crippen molar-refractivity contribution in [3.8, 4) is 0 Å². The minimum atomic E-state index is 0.382. The van der Waals surface area contributed by atoms with E-state index in [4.69, 9.17) is 30.6 Å². The van der Waals surface area contributed by atoms with E-state index in [1.165, 1.54) is 44.2 Å². The third-order valence-corrected chi connectivity index (χ3v) is 5.73. The molecule has 0 spiro atoms. The number of halogens is 2. The van der Waals surface area contributed by atoms with E-state index in [1.54, 1.807) is 0 Å². The van der Waals surface area contributed by atoms with Crippen LogP contribution in [0, 0.1) is 23.7 Å². The van der Waals surface area contributed by atoms with Crippen molar-refractivity contribution < 1.29 is 12.9 Å². The summed E-state index contributed by atoms with van der Waals surface area (Å²) in [5.41, 5.74) is 1.32. The Kier molecular flexibility index (Phi) is 11.5. The first-order chi connectivity index (χ1) is 11.4. The summed E-state index contributed by atoms with van der Waals surface area (Å²) in [6.07, 6.45) is 7.95. The van der Waals surface area contributed by atoms with E-state index >= 15 is 0 Å². The quantitative estimate of drug-likeness (QED) is 0.444. The van der Waals surface area contributed by atoms with Gasteiger partial charge in [0, 0.05) is 0 Å². The van der Waals surface area contributed by atoms with Gasteiger partial charge in [-0.1, -0.05) is 59.4 Å². The molecule has 144 valence electrons. The Balaban J connectivity index is 0.000000891. The summed E-state index contributed by atoms with van der Waals surface area (Å²) in [5, 5.41) is 4.80. The molecule has 1 saturated heterocycles. The first kappa shape index (κ1) is 22.8. The van der Waals surface area contributed by atoms with Crippen molar-refractivity contribution in [3.05, 3.63) is 5.32 Å². The Hall–Kier alpha value is 0.716. The van der Waals surface area contributed by atoms with Gasteiger partial charge in [0.15, 0.2) is 0 Å². The molecular formula is C19H35Cl2CoN2. The molecule has 0 bridgehead atoms. The van der Waals surface area contributed by atoms with Crippen LogP contribution in [0.15, 0.2) is 4.99 Å². The second kappa shape index (κ2) is 12.2. The second-order valence-electron chi connectivity index (χ2n) is 7.97. The molecule has 3 unspecified atom stereocenters. The van der Waals surface area contributed by atoms with Crippen molar-refractivity contribution in [2.75, 3.05) is 6.54 Å². The Labute approximate surface area is 164 Å². The standard InChI is InChI=1S/C19H35N2.2ClH.Co/c1-13(2)16-9-8-10-17(14(3)4)19(16)21-15(5)18-11-6-7-12-20-18;;;/h13-14,16-19H,6-12H2,1-5H3;2*1H;/q-1;;;+3/p-2. The summed E-state index contributed by atoms with van der Waals surface area (Å²) < 4.78 is 0. The van der Waals surface area contributed by atoms with Crippen molar-refractivity contribution in [1.29, 1.82) is 0 Å². The molecule has 24 heavy (non-hydrogen) atoms. The molecule has 0 amide bonds. The van der Waals surface area contributed by atoms with Crippen LogP contribution in [0.1, 0.15) is 73.1 Å². The van der Waals surface area contributed by atoms with Gasteiger partial charge in [-0.25, -0.2) is 0 Å². The van der Waals surface area contributed by atoms with Crippen molar-refractivity contribution >= 4 is 26.0 Å². The second-order valence-corrected chi connectivity index (χ2v) is 9.69. The molecule has 1 heterocycles. The zero-order valence-corrected chi connectivity index (χ0v) is 18.5. The summed E-state index contributed by atoms with van der Waals surface area (Å²) in [4.78, 5) is 5.29. The van der Waals surface area contributed by atoms with Gasteiger partial charge in [0.2, 0.25) is 0 Å². The van der Waals surface area contributed by atoms with Gasteiger partial charge in [0.1, 0.15) is 0 Å². The van der Waals surface area contributed by atoms with Gasteiger partial charge < -0.3 is 5.32 Å². The summed E-state index contributed by atoms with van der Waals surface area (Å²) in [6.45, 7) is 12.8. The van der Waals surface area contributed by atoms with Gasteiger partial charge in [0.25, 0.3) is 0 Å². The third kappa shape index (κ3) is 7.15. The van der Waals surface area contributed by atoms with E-state index in [-0.39, 0.29) is 0 Å². The van der Waals surface area contributed by atoms with Crippen LogP contribution in [0.4, 0.5) is 0 Å². The molecule has 2 fully saturated rings. The van der Waals surface area contributed by atoms with Gasteiger partial charge in [-0.3, -0.25) is 4.99 Å². The van der Waals surface area contributed by atoms with Crippen LogP contribution in [-0.2, 0) is 12.9 Å². The number of aliphatic imine (C=N–C) groups is 1. The predicted molar refractivity (Wildman–Crippen MR) is 105 cm³/mol. The molecular weight excluding hydrogens is 386 g/mol. The van der Waals surface area contributed by atoms with Gasteiger partial charge in [-0.15, -0.1) is 6.54 Å². The number of piperidine rings is 1. The number of rotatable bonds is 4. The van der Waals surface area contributed by atoms with Crippen LogP contribution in [0.25, 0.3) is 5.32 Å². The van der Waals surface area contributed by atoms with E-state index in [2.05, 4.69) is 34.6 Å². The molecule has 3 atom stereocenters. The normalized spacial score (nSPS) is 32.0. The molecule has 1 aliphatic carbocycles. The molecule has 0 aromatic heterocycles. The van der Waals surface area contributed by atoms with Crippen molar-refractivity contribution in [1.82, 2.24) is 0 Å². The van der Waals surface area contributed by atoms with Crippen LogP contribution >= 0.6 is 20.3 Å². The zero-order valence-electron chi connectivity index (χ0n) is 15.9. The summed E-state index contributed by atoms with van der Waals surface area (Å²) >= 11 is 0.382. The van der Waals surface area contributed by atoms with Gasteiger partial charge in [-0.05, 0) is 49.1 Å². The fourth-order valence-corrected chi connectivity index (χ4v) is 4.35. The molecule has 2 aliphatic rings. The van der Waals surface area contributed by atoms with Crippen LogP contribution in [0.3, 0.4) is 0 Å². The Morgan fingerprint density at radius 3 is 1.92 bits per heavy atom. The monoisotopic (exact) mass is 420 g/mol. The number of hydrogen-bond donors (Lipinski definition) is 0. The summed E-state index contributed by atoms with van der Waals surface area (Å²) in [6, 6.07) is 0.956. The average molecular weight is 421 g/mol. The first-order valence-electron chi connectivity index (χ1n) is 9.46. The van der Waals surface area contributed by atoms with Gasteiger partial charge >= 0.3 is 33.2 Å². The predicted octanol–water partition coefficient (Wildman–Crippen LogP) is 6.85. The minimum absolute atomic E-state index is 0.382. The van der Waals surface area contributed by atoms with E-state index in [0.29, 0.717) is 25.0 Å². The van der Waals surface area contributed by atoms with Crippen molar-refractivity contribution in [2.45, 2.75) is 85.2 Å². The van der Waals surface area contributed by atoms with E-state index in [9.17, 15) is 0 Å². The van der Waals surface area contributed by atoms with E-state index in [1.807, 2.05) is 0 Å². The molecule has 1 aliphatic heterocycles. The van der Waals surface area contributed by atoms with E-state index in [0.717, 1.165) is 30.2 Å². The maximum absolute atomic E-state index is 5.29. The number of nitrogens with zero attached hydrogens (tertiary/aromatic N) is 2. The van der Waals surface area contributed by atoms with Crippen molar-refractivity contribution in [3.63, 3.8) is 0 Å². The molecule has 2 nitrogen and oxygen atoms in total. The Morgan fingerprint density at radius 2 is 1.50 bits per heavy atom.